The van der Waals surface area contributed by atoms with Crippen LogP contribution in [0.25, 0.3) is 0 Å². The van der Waals surface area contributed by atoms with Gasteiger partial charge >= 0.3 is 0 Å². The number of rotatable bonds is 4. The molecule has 0 heterocycles. The van der Waals surface area contributed by atoms with Crippen LogP contribution in [0.5, 0.6) is 0 Å². The van der Waals surface area contributed by atoms with Crippen molar-refractivity contribution in [3.05, 3.63) is 29.8 Å². The minimum Gasteiger partial charge on any atom is -0.224 e. The maximum atomic E-state index is 11.8. The fourth-order valence-corrected chi connectivity index (χ4v) is 4.12. The van der Waals surface area contributed by atoms with Gasteiger partial charge in [-0.3, -0.25) is 0 Å². The molecule has 2 nitrogen and oxygen atoms in total. The first-order valence-corrected chi connectivity index (χ1v) is 7.88. The zero-order valence-electron chi connectivity index (χ0n) is 8.28. The van der Waals surface area contributed by atoms with E-state index in [0.717, 1.165) is 5.56 Å². The Morgan fingerprint density at radius 1 is 1.33 bits per heavy atom. The van der Waals surface area contributed by atoms with Crippen LogP contribution in [0.1, 0.15) is 5.56 Å². The largest absolute Gasteiger partial charge is 0.224 e. The predicted octanol–water partition coefficient (Wildman–Crippen LogP) is 2.81. The Bertz CT molecular complexity index is 414. The molecule has 1 aromatic rings. The van der Waals surface area contributed by atoms with E-state index in [-0.39, 0.29) is 9.68 Å². The highest BCUT2D eigenvalue weighted by atomic mass is 127. The summed E-state index contributed by atoms with van der Waals surface area (Å²) in [5.41, 5.74) is 1.05. The van der Waals surface area contributed by atoms with Gasteiger partial charge in [0.1, 0.15) is 0 Å². The summed E-state index contributed by atoms with van der Waals surface area (Å²) < 4.78 is 23.7. The predicted molar refractivity (Wildman–Crippen MR) is 71.8 cm³/mol. The summed E-state index contributed by atoms with van der Waals surface area (Å²) in [6.45, 7) is 1.93. The fraction of sp³-hybridized carbons (Fsp3) is 0.400. The smallest absolute Gasteiger partial charge is 0.179 e. The molecule has 0 radical (unpaired) electrons. The fourth-order valence-electron chi connectivity index (χ4n) is 1.12. The van der Waals surface area contributed by atoms with Crippen LogP contribution in [0, 0.1) is 6.92 Å². The molecule has 0 aliphatic carbocycles. The Kier molecular flexibility index (Phi) is 4.86. The van der Waals surface area contributed by atoms with Crippen LogP contribution >= 0.6 is 34.2 Å². The molecule has 1 atom stereocenters. The number of hydrogen-bond donors (Lipinski definition) is 0. The summed E-state index contributed by atoms with van der Waals surface area (Å²) >= 11 is 7.65. The molecule has 1 aromatic carbocycles. The Morgan fingerprint density at radius 2 is 1.87 bits per heavy atom. The van der Waals surface area contributed by atoms with Crippen molar-refractivity contribution in [2.24, 2.45) is 0 Å². The molecule has 0 saturated heterocycles. The van der Waals surface area contributed by atoms with Gasteiger partial charge in [-0.2, -0.15) is 0 Å². The first kappa shape index (κ1) is 13.3. The summed E-state index contributed by atoms with van der Waals surface area (Å²) in [6, 6.07) is 6.88. The Labute approximate surface area is 109 Å². The van der Waals surface area contributed by atoms with Gasteiger partial charge in [0, 0.05) is 9.80 Å². The van der Waals surface area contributed by atoms with Crippen LogP contribution in [0.2, 0.25) is 0 Å². The monoisotopic (exact) mass is 358 g/mol. The maximum Gasteiger partial charge on any atom is 0.179 e. The number of hydrogen-bond acceptors (Lipinski definition) is 2. The van der Waals surface area contributed by atoms with Gasteiger partial charge in [0.05, 0.1) is 10.6 Å². The lowest BCUT2D eigenvalue weighted by Gasteiger charge is -2.07. The molecule has 5 heteroatoms. The van der Waals surface area contributed by atoms with Crippen LogP contribution in [-0.2, 0) is 9.84 Å². The van der Waals surface area contributed by atoms with E-state index in [2.05, 4.69) is 22.6 Å². The molecular formula is C10H12ClIO2S. The number of aryl methyl sites for hydroxylation is 1. The Balaban J connectivity index is 2.91. The number of halogens is 2. The van der Waals surface area contributed by atoms with Gasteiger partial charge in [-0.05, 0) is 19.1 Å². The third-order valence-electron chi connectivity index (χ3n) is 1.95. The van der Waals surface area contributed by atoms with Gasteiger partial charge < -0.3 is 0 Å². The summed E-state index contributed by atoms with van der Waals surface area (Å²) in [5.74, 6) is 0.450. The number of alkyl halides is 2. The van der Waals surface area contributed by atoms with E-state index in [1.165, 1.54) is 0 Å². The summed E-state index contributed by atoms with van der Waals surface area (Å²) in [6.07, 6.45) is 0. The molecule has 0 amide bonds. The second-order valence-corrected chi connectivity index (χ2v) is 7.45. The van der Waals surface area contributed by atoms with Crippen molar-refractivity contribution >= 4 is 44.0 Å². The molecule has 0 N–H and O–H groups in total. The van der Waals surface area contributed by atoms with Crippen LogP contribution in [-0.4, -0.2) is 24.0 Å². The van der Waals surface area contributed by atoms with Crippen LogP contribution in [0.4, 0.5) is 0 Å². The molecule has 0 aromatic heterocycles. The molecule has 0 fully saturated rings. The standard InChI is InChI=1S/C10H12ClIO2S/c1-8-2-4-10(5-3-8)15(13,14)7-9(12)6-11/h2-5,9H,6-7H2,1H3/t9-/m1/s1. The zero-order valence-corrected chi connectivity index (χ0v) is 12.0. The van der Waals surface area contributed by atoms with Crippen LogP contribution < -0.4 is 0 Å². The molecule has 0 spiro atoms. The molecule has 0 bridgehead atoms. The molecule has 15 heavy (non-hydrogen) atoms. The molecule has 0 aliphatic heterocycles. The summed E-state index contributed by atoms with van der Waals surface area (Å²) in [5, 5.41) is 0. The van der Waals surface area contributed by atoms with E-state index < -0.39 is 9.84 Å². The lowest BCUT2D eigenvalue weighted by Crippen LogP contribution is -2.17. The van der Waals surface area contributed by atoms with E-state index in [9.17, 15) is 8.42 Å². The third kappa shape index (κ3) is 3.92. The van der Waals surface area contributed by atoms with Crippen molar-refractivity contribution < 1.29 is 8.42 Å². The van der Waals surface area contributed by atoms with Crippen molar-refractivity contribution in [3.8, 4) is 0 Å². The van der Waals surface area contributed by atoms with E-state index in [4.69, 9.17) is 11.6 Å². The van der Waals surface area contributed by atoms with Crippen LogP contribution in [0.15, 0.2) is 29.2 Å². The Morgan fingerprint density at radius 3 is 2.33 bits per heavy atom. The van der Waals surface area contributed by atoms with Gasteiger partial charge in [0.15, 0.2) is 9.84 Å². The van der Waals surface area contributed by atoms with Gasteiger partial charge in [0.2, 0.25) is 0 Å². The van der Waals surface area contributed by atoms with Crippen molar-refractivity contribution in [1.29, 1.82) is 0 Å². The van der Waals surface area contributed by atoms with E-state index in [1.54, 1.807) is 24.3 Å². The highest BCUT2D eigenvalue weighted by Crippen LogP contribution is 2.16. The van der Waals surface area contributed by atoms with Gasteiger partial charge in [-0.15, -0.1) is 11.6 Å². The second-order valence-electron chi connectivity index (χ2n) is 3.35. The van der Waals surface area contributed by atoms with Gasteiger partial charge in [0.25, 0.3) is 0 Å². The molecule has 0 unspecified atom stereocenters. The quantitative estimate of drug-likeness (QED) is 0.613. The topological polar surface area (TPSA) is 34.1 Å². The third-order valence-corrected chi connectivity index (χ3v) is 6.15. The lowest BCUT2D eigenvalue weighted by atomic mass is 10.2. The lowest BCUT2D eigenvalue weighted by molar-refractivity contribution is 0.596. The first-order valence-electron chi connectivity index (χ1n) is 4.45. The maximum absolute atomic E-state index is 11.8. The van der Waals surface area contributed by atoms with Crippen molar-refractivity contribution in [3.63, 3.8) is 0 Å². The minimum atomic E-state index is -3.18. The highest BCUT2D eigenvalue weighted by Gasteiger charge is 2.18. The average molecular weight is 359 g/mol. The first-order chi connectivity index (χ1) is 6.95. The highest BCUT2D eigenvalue weighted by molar-refractivity contribution is 14.1. The minimum absolute atomic E-state index is 0.0458. The second kappa shape index (κ2) is 5.50. The molecule has 1 rings (SSSR count). The van der Waals surface area contributed by atoms with Crippen LogP contribution in [0.3, 0.4) is 0 Å². The molecule has 0 saturated carbocycles. The molecular weight excluding hydrogens is 347 g/mol. The number of sulfone groups is 1. The Hall–Kier alpha value is 0.190. The molecule has 84 valence electrons. The average Bonchev–Trinajstić information content (AvgIpc) is 2.17. The van der Waals surface area contributed by atoms with E-state index in [1.807, 2.05) is 6.92 Å². The SMILES string of the molecule is Cc1ccc(S(=O)(=O)C[C@H](I)CCl)cc1. The van der Waals surface area contributed by atoms with Gasteiger partial charge in [-0.25, -0.2) is 8.42 Å². The molecule has 0 aliphatic rings. The van der Waals surface area contributed by atoms with Gasteiger partial charge in [-0.1, -0.05) is 40.3 Å². The summed E-state index contributed by atoms with van der Waals surface area (Å²) in [7, 11) is -3.18. The van der Waals surface area contributed by atoms with Crippen molar-refractivity contribution in [2.75, 3.05) is 11.6 Å². The van der Waals surface area contributed by atoms with E-state index in [0.29, 0.717) is 10.8 Å². The number of benzene rings is 1. The summed E-state index contributed by atoms with van der Waals surface area (Å²) in [4.78, 5) is 0.375. The van der Waals surface area contributed by atoms with Crippen molar-refractivity contribution in [1.82, 2.24) is 0 Å². The van der Waals surface area contributed by atoms with E-state index >= 15 is 0 Å². The normalized spacial score (nSPS) is 13.8. The zero-order chi connectivity index (χ0) is 11.5. The van der Waals surface area contributed by atoms with Crippen molar-refractivity contribution in [2.45, 2.75) is 15.7 Å².